The van der Waals surface area contributed by atoms with Gasteiger partial charge in [-0.15, -0.1) is 0 Å². The van der Waals surface area contributed by atoms with E-state index in [2.05, 4.69) is 30.8 Å². The fourth-order valence-corrected chi connectivity index (χ4v) is 3.83. The molecule has 4 rings (SSSR count). The number of hydrogen-bond acceptors (Lipinski definition) is 6. The molecule has 12 heteroatoms. The van der Waals surface area contributed by atoms with Crippen LogP contribution in [0.25, 0.3) is 0 Å². The minimum absolute atomic E-state index is 0.00341. The molecule has 10 nitrogen and oxygen atoms in total. The molecular weight excluding hydrogens is 491 g/mol. The molecule has 4 N–H and O–H groups in total. The number of H-pyrrole nitrogens is 1. The van der Waals surface area contributed by atoms with Gasteiger partial charge in [-0.05, 0) is 42.5 Å². The van der Waals surface area contributed by atoms with Crippen LogP contribution in [0.5, 0.6) is 0 Å². The van der Waals surface area contributed by atoms with Crippen LogP contribution in [0.15, 0.2) is 48.8 Å². The van der Waals surface area contributed by atoms with Crippen molar-refractivity contribution in [3.63, 3.8) is 0 Å². The van der Waals surface area contributed by atoms with Crippen LogP contribution in [0, 0.1) is 5.82 Å². The molecule has 2 aromatic carbocycles. The summed E-state index contributed by atoms with van der Waals surface area (Å²) in [5.74, 6) is -2.03. The largest absolute Gasteiger partial charge is 0.379 e. The lowest BCUT2D eigenvalue weighted by atomic mass is 10.2. The molecule has 1 aliphatic rings. The van der Waals surface area contributed by atoms with E-state index in [-0.39, 0.29) is 22.0 Å². The smallest absolute Gasteiger partial charge is 0.276 e. The van der Waals surface area contributed by atoms with Gasteiger partial charge in [0.1, 0.15) is 11.5 Å². The number of morpholine rings is 1. The van der Waals surface area contributed by atoms with Crippen molar-refractivity contribution in [1.29, 1.82) is 0 Å². The average Bonchev–Trinajstić information content (AvgIpc) is 3.36. The van der Waals surface area contributed by atoms with E-state index in [1.54, 1.807) is 24.3 Å². The normalized spacial score (nSPS) is 13.7. The number of carbonyl (C=O) groups is 3. The van der Waals surface area contributed by atoms with Crippen molar-refractivity contribution in [1.82, 2.24) is 20.2 Å². The molecule has 0 saturated carbocycles. The van der Waals surface area contributed by atoms with E-state index < -0.39 is 23.5 Å². The Labute approximate surface area is 211 Å². The molecule has 36 heavy (non-hydrogen) atoms. The Bertz CT molecular complexity index is 1240. The van der Waals surface area contributed by atoms with E-state index in [1.807, 2.05) is 0 Å². The third-order valence-electron chi connectivity index (χ3n) is 5.48. The quantitative estimate of drug-likeness (QED) is 0.366. The van der Waals surface area contributed by atoms with Crippen LogP contribution in [0.2, 0.25) is 5.02 Å². The molecule has 1 saturated heterocycles. The summed E-state index contributed by atoms with van der Waals surface area (Å²) in [5.41, 5.74) is 1.03. The maximum Gasteiger partial charge on any atom is 0.276 e. The number of hydrogen-bond donors (Lipinski definition) is 4. The molecule has 0 unspecified atom stereocenters. The molecule has 0 aliphatic carbocycles. The van der Waals surface area contributed by atoms with Crippen LogP contribution in [0.3, 0.4) is 0 Å². The second kappa shape index (κ2) is 11.8. The highest BCUT2D eigenvalue weighted by Crippen LogP contribution is 2.20. The van der Waals surface area contributed by atoms with Gasteiger partial charge in [-0.2, -0.15) is 0 Å². The number of ether oxygens (including phenoxy) is 1. The summed E-state index contributed by atoms with van der Waals surface area (Å²) in [6, 6.07) is 9.81. The first-order chi connectivity index (χ1) is 17.4. The molecule has 188 valence electrons. The number of anilines is 2. The van der Waals surface area contributed by atoms with Gasteiger partial charge in [0.25, 0.3) is 17.7 Å². The summed E-state index contributed by atoms with van der Waals surface area (Å²) >= 11 is 5.93. The van der Waals surface area contributed by atoms with Crippen LogP contribution in [-0.4, -0.2) is 72.0 Å². The zero-order valence-corrected chi connectivity index (χ0v) is 19.9. The maximum atomic E-state index is 13.2. The molecule has 2 heterocycles. The molecule has 0 bridgehead atoms. The standard InChI is InChI=1S/C24H24ClFN6O4/c25-19-13-15(26)1-6-18(19)22(33)30-16-2-4-17(5-3-16)31-24(35)21-20(28-14-29-21)23(34)27-7-8-32-9-11-36-12-10-32/h1-6,13-14H,7-12H2,(H,27,34)(H,28,29)(H,30,33)(H,31,35). The zero-order chi connectivity index (χ0) is 25.5. The maximum absolute atomic E-state index is 13.2. The van der Waals surface area contributed by atoms with Gasteiger partial charge >= 0.3 is 0 Å². The summed E-state index contributed by atoms with van der Waals surface area (Å²) in [5, 5.41) is 8.12. The van der Waals surface area contributed by atoms with Crippen LogP contribution < -0.4 is 16.0 Å². The Kier molecular flexibility index (Phi) is 8.26. The SMILES string of the molecule is O=C(Nc1ccc(NC(=O)c2nc[nH]c2C(=O)NCCN2CCOCC2)cc1)c1ccc(F)cc1Cl. The Balaban J connectivity index is 1.31. The summed E-state index contributed by atoms with van der Waals surface area (Å²) in [6.45, 7) is 4.09. The molecule has 3 amide bonds. The molecule has 0 radical (unpaired) electrons. The van der Waals surface area contributed by atoms with Crippen molar-refractivity contribution in [2.75, 3.05) is 50.0 Å². The zero-order valence-electron chi connectivity index (χ0n) is 19.1. The summed E-state index contributed by atoms with van der Waals surface area (Å²) in [6.07, 6.45) is 1.28. The number of rotatable bonds is 8. The highest BCUT2D eigenvalue weighted by molar-refractivity contribution is 6.34. The number of halogens is 2. The first-order valence-corrected chi connectivity index (χ1v) is 11.6. The molecule has 3 aromatic rings. The highest BCUT2D eigenvalue weighted by Gasteiger charge is 2.21. The molecule has 0 atom stereocenters. The number of benzene rings is 2. The monoisotopic (exact) mass is 514 g/mol. The predicted molar refractivity (Wildman–Crippen MR) is 132 cm³/mol. The Morgan fingerprint density at radius 3 is 2.33 bits per heavy atom. The Hall–Kier alpha value is -3.80. The molecular formula is C24H24ClFN6O4. The van der Waals surface area contributed by atoms with Crippen molar-refractivity contribution in [3.8, 4) is 0 Å². The summed E-state index contributed by atoms with van der Waals surface area (Å²) in [7, 11) is 0. The minimum Gasteiger partial charge on any atom is -0.379 e. The van der Waals surface area contributed by atoms with Gasteiger partial charge in [-0.25, -0.2) is 9.37 Å². The number of nitrogens with one attached hydrogen (secondary N) is 4. The van der Waals surface area contributed by atoms with E-state index in [0.29, 0.717) is 37.7 Å². The number of nitrogens with zero attached hydrogens (tertiary/aromatic N) is 2. The summed E-state index contributed by atoms with van der Waals surface area (Å²) in [4.78, 5) is 46.6. The predicted octanol–water partition coefficient (Wildman–Crippen LogP) is 2.77. The minimum atomic E-state index is -0.565. The van der Waals surface area contributed by atoms with E-state index in [9.17, 15) is 18.8 Å². The number of carbonyl (C=O) groups excluding carboxylic acids is 3. The van der Waals surface area contributed by atoms with Crippen LogP contribution in [0.4, 0.5) is 15.8 Å². The van der Waals surface area contributed by atoms with E-state index in [1.165, 1.54) is 12.4 Å². The van der Waals surface area contributed by atoms with Crippen LogP contribution in [-0.2, 0) is 4.74 Å². The second-order valence-electron chi connectivity index (χ2n) is 7.95. The van der Waals surface area contributed by atoms with E-state index in [4.69, 9.17) is 16.3 Å². The number of aromatic amines is 1. The van der Waals surface area contributed by atoms with Crippen LogP contribution in [0.1, 0.15) is 31.3 Å². The Morgan fingerprint density at radius 2 is 1.67 bits per heavy atom. The lowest BCUT2D eigenvalue weighted by molar-refractivity contribution is 0.0383. The Morgan fingerprint density at radius 1 is 1.00 bits per heavy atom. The fourth-order valence-electron chi connectivity index (χ4n) is 3.58. The average molecular weight is 515 g/mol. The molecule has 0 spiro atoms. The fraction of sp³-hybridized carbons (Fsp3) is 0.250. The topological polar surface area (TPSA) is 128 Å². The van der Waals surface area contributed by atoms with Gasteiger partial charge in [0.2, 0.25) is 0 Å². The highest BCUT2D eigenvalue weighted by atomic mass is 35.5. The van der Waals surface area contributed by atoms with E-state index >= 15 is 0 Å². The van der Waals surface area contributed by atoms with Gasteiger partial charge in [-0.3, -0.25) is 19.3 Å². The molecule has 1 aliphatic heterocycles. The first kappa shape index (κ1) is 25.3. The third-order valence-corrected chi connectivity index (χ3v) is 5.79. The van der Waals surface area contributed by atoms with E-state index in [0.717, 1.165) is 25.2 Å². The van der Waals surface area contributed by atoms with Gasteiger partial charge < -0.3 is 25.7 Å². The number of amides is 3. The van der Waals surface area contributed by atoms with Crippen molar-refractivity contribution >= 4 is 40.7 Å². The number of aromatic nitrogens is 2. The third kappa shape index (κ3) is 6.45. The van der Waals surface area contributed by atoms with Crippen LogP contribution >= 0.6 is 11.6 Å². The van der Waals surface area contributed by atoms with Gasteiger partial charge in [0.15, 0.2) is 5.69 Å². The van der Waals surface area contributed by atoms with Gasteiger partial charge in [-0.1, -0.05) is 11.6 Å². The van der Waals surface area contributed by atoms with Gasteiger partial charge in [0.05, 0.1) is 30.1 Å². The first-order valence-electron chi connectivity index (χ1n) is 11.2. The summed E-state index contributed by atoms with van der Waals surface area (Å²) < 4.78 is 18.5. The van der Waals surface area contributed by atoms with Crippen molar-refractivity contribution in [2.45, 2.75) is 0 Å². The van der Waals surface area contributed by atoms with Gasteiger partial charge in [0, 0.05) is 37.6 Å². The lowest BCUT2D eigenvalue weighted by Crippen LogP contribution is -2.41. The van der Waals surface area contributed by atoms with Crippen molar-refractivity contribution < 1.29 is 23.5 Å². The van der Waals surface area contributed by atoms with Crippen molar-refractivity contribution in [3.05, 3.63) is 76.6 Å². The number of imidazole rings is 1. The van der Waals surface area contributed by atoms with Crippen molar-refractivity contribution in [2.24, 2.45) is 0 Å². The molecule has 1 fully saturated rings. The second-order valence-corrected chi connectivity index (χ2v) is 8.35. The molecule has 1 aromatic heterocycles. The lowest BCUT2D eigenvalue weighted by Gasteiger charge is -2.26.